The maximum absolute atomic E-state index is 12.5. The maximum atomic E-state index is 12.5. The number of hydrogen-bond donors (Lipinski definition) is 2. The number of anilines is 1. The quantitative estimate of drug-likeness (QED) is 0.707. The number of carbonyl (C=O) groups excluding carboxylic acids is 2. The van der Waals surface area contributed by atoms with Crippen LogP contribution >= 0.6 is 0 Å². The van der Waals surface area contributed by atoms with Gasteiger partial charge < -0.3 is 10.6 Å². The molecule has 3 rings (SSSR count). The fourth-order valence-corrected chi connectivity index (χ4v) is 2.74. The van der Waals surface area contributed by atoms with Crippen LogP contribution in [0.5, 0.6) is 0 Å². The lowest BCUT2D eigenvalue weighted by Gasteiger charge is -2.19. The third-order valence-electron chi connectivity index (χ3n) is 4.14. The molecular weight excluding hydrogens is 324 g/mol. The summed E-state index contributed by atoms with van der Waals surface area (Å²) in [5.74, 6) is -1.36. The molecule has 0 heterocycles. The van der Waals surface area contributed by atoms with Crippen LogP contribution < -0.4 is 10.6 Å². The first-order chi connectivity index (χ1) is 12.6. The Balaban J connectivity index is 1.79. The Bertz CT molecular complexity index is 853. The molecule has 0 bridgehead atoms. The Morgan fingerprint density at radius 3 is 1.73 bits per heavy atom. The molecule has 0 aliphatic heterocycles. The second-order valence-electron chi connectivity index (χ2n) is 6.00. The topological polar surface area (TPSA) is 58.2 Å². The van der Waals surface area contributed by atoms with Crippen molar-refractivity contribution in [2.24, 2.45) is 0 Å². The molecule has 0 aromatic heterocycles. The van der Waals surface area contributed by atoms with E-state index < -0.39 is 17.9 Å². The van der Waals surface area contributed by atoms with Crippen molar-refractivity contribution >= 4 is 17.5 Å². The summed E-state index contributed by atoms with van der Waals surface area (Å²) in [6, 6.07) is 26.1. The molecule has 0 unspecified atom stereocenters. The van der Waals surface area contributed by atoms with Crippen LogP contribution in [0.2, 0.25) is 0 Å². The van der Waals surface area contributed by atoms with E-state index in [9.17, 15) is 9.59 Å². The van der Waals surface area contributed by atoms with Gasteiger partial charge in [-0.15, -0.1) is 0 Å². The molecular formula is C22H20N2O2. The van der Waals surface area contributed by atoms with Gasteiger partial charge in [0.25, 0.3) is 0 Å². The van der Waals surface area contributed by atoms with Crippen molar-refractivity contribution in [1.82, 2.24) is 5.32 Å². The van der Waals surface area contributed by atoms with Crippen LogP contribution in [0.1, 0.15) is 22.7 Å². The molecule has 3 aromatic rings. The van der Waals surface area contributed by atoms with E-state index in [1.54, 1.807) is 6.07 Å². The van der Waals surface area contributed by atoms with Crippen molar-refractivity contribution in [3.63, 3.8) is 0 Å². The summed E-state index contributed by atoms with van der Waals surface area (Å²) in [5, 5.41) is 5.51. The first-order valence-corrected chi connectivity index (χ1v) is 8.42. The summed E-state index contributed by atoms with van der Waals surface area (Å²) < 4.78 is 0. The number of aryl methyl sites for hydroxylation is 1. The zero-order valence-electron chi connectivity index (χ0n) is 14.5. The Labute approximate surface area is 152 Å². The lowest BCUT2D eigenvalue weighted by molar-refractivity contribution is -0.136. The Morgan fingerprint density at radius 1 is 0.692 bits per heavy atom. The van der Waals surface area contributed by atoms with Crippen LogP contribution in [0, 0.1) is 6.92 Å². The van der Waals surface area contributed by atoms with Crippen molar-refractivity contribution in [2.45, 2.75) is 13.0 Å². The van der Waals surface area contributed by atoms with Crippen molar-refractivity contribution < 1.29 is 9.59 Å². The van der Waals surface area contributed by atoms with E-state index in [2.05, 4.69) is 10.6 Å². The molecule has 130 valence electrons. The van der Waals surface area contributed by atoms with E-state index in [0.29, 0.717) is 5.69 Å². The highest BCUT2D eigenvalue weighted by Gasteiger charge is 2.21. The number of carbonyl (C=O) groups is 2. The van der Waals surface area contributed by atoms with Crippen LogP contribution in [0.3, 0.4) is 0 Å². The van der Waals surface area contributed by atoms with Gasteiger partial charge in [0.05, 0.1) is 6.04 Å². The van der Waals surface area contributed by atoms with Crippen LogP contribution in [0.25, 0.3) is 0 Å². The van der Waals surface area contributed by atoms with E-state index in [1.165, 1.54) is 0 Å². The average molecular weight is 344 g/mol. The zero-order chi connectivity index (χ0) is 18.4. The van der Waals surface area contributed by atoms with E-state index >= 15 is 0 Å². The molecule has 3 aromatic carbocycles. The summed E-state index contributed by atoms with van der Waals surface area (Å²) in [6.07, 6.45) is 0. The molecule has 4 heteroatoms. The summed E-state index contributed by atoms with van der Waals surface area (Å²) in [4.78, 5) is 24.8. The van der Waals surface area contributed by atoms with Gasteiger partial charge in [0, 0.05) is 5.69 Å². The van der Waals surface area contributed by atoms with E-state index in [1.807, 2.05) is 85.8 Å². The molecule has 0 spiro atoms. The van der Waals surface area contributed by atoms with Crippen LogP contribution in [0.4, 0.5) is 5.69 Å². The Morgan fingerprint density at radius 2 is 1.19 bits per heavy atom. The van der Waals surface area contributed by atoms with E-state index in [4.69, 9.17) is 0 Å². The summed E-state index contributed by atoms with van der Waals surface area (Å²) in [7, 11) is 0. The molecule has 4 nitrogen and oxygen atoms in total. The molecule has 0 aliphatic rings. The second-order valence-corrected chi connectivity index (χ2v) is 6.00. The molecule has 0 aliphatic carbocycles. The van der Waals surface area contributed by atoms with Crippen LogP contribution in [-0.4, -0.2) is 11.8 Å². The van der Waals surface area contributed by atoms with Crippen molar-refractivity contribution in [3.8, 4) is 0 Å². The predicted octanol–water partition coefficient (Wildman–Crippen LogP) is 3.84. The molecule has 2 N–H and O–H groups in total. The van der Waals surface area contributed by atoms with Gasteiger partial charge in [-0.2, -0.15) is 0 Å². The van der Waals surface area contributed by atoms with Gasteiger partial charge in [0.2, 0.25) is 0 Å². The van der Waals surface area contributed by atoms with Crippen LogP contribution in [-0.2, 0) is 9.59 Å². The second kappa shape index (κ2) is 8.12. The molecule has 0 radical (unpaired) electrons. The first kappa shape index (κ1) is 17.4. The number of benzene rings is 3. The molecule has 0 fully saturated rings. The van der Waals surface area contributed by atoms with Gasteiger partial charge in [-0.3, -0.25) is 9.59 Å². The first-order valence-electron chi connectivity index (χ1n) is 8.42. The van der Waals surface area contributed by atoms with Gasteiger partial charge in [-0.05, 0) is 29.7 Å². The highest BCUT2D eigenvalue weighted by Crippen LogP contribution is 2.21. The SMILES string of the molecule is Cc1ccccc1NC(=O)C(=O)NC(c1ccccc1)c1ccccc1. The Hall–Kier alpha value is -3.40. The highest BCUT2D eigenvalue weighted by atomic mass is 16.2. The summed E-state index contributed by atoms with van der Waals surface area (Å²) in [5.41, 5.74) is 3.35. The lowest BCUT2D eigenvalue weighted by Crippen LogP contribution is -2.38. The van der Waals surface area contributed by atoms with Gasteiger partial charge in [-0.25, -0.2) is 0 Å². The predicted molar refractivity (Wildman–Crippen MR) is 103 cm³/mol. The fraction of sp³-hybridized carbons (Fsp3) is 0.0909. The molecule has 2 amide bonds. The van der Waals surface area contributed by atoms with Crippen molar-refractivity contribution in [3.05, 3.63) is 102 Å². The molecule has 0 saturated carbocycles. The van der Waals surface area contributed by atoms with Gasteiger partial charge in [0.1, 0.15) is 0 Å². The van der Waals surface area contributed by atoms with E-state index in [-0.39, 0.29) is 0 Å². The minimum Gasteiger partial charge on any atom is -0.337 e. The zero-order valence-corrected chi connectivity index (χ0v) is 14.5. The van der Waals surface area contributed by atoms with Crippen molar-refractivity contribution in [2.75, 3.05) is 5.32 Å². The Kier molecular flexibility index (Phi) is 5.44. The molecule has 26 heavy (non-hydrogen) atoms. The standard InChI is InChI=1S/C22H20N2O2/c1-16-10-8-9-15-19(16)23-21(25)22(26)24-20(17-11-4-2-5-12-17)18-13-6-3-7-14-18/h2-15,20H,1H3,(H,23,25)(H,24,26). The average Bonchev–Trinajstić information content (AvgIpc) is 2.69. The number of hydrogen-bond acceptors (Lipinski definition) is 2. The molecule has 0 atom stereocenters. The minimum absolute atomic E-state index is 0.396. The smallest absolute Gasteiger partial charge is 0.313 e. The largest absolute Gasteiger partial charge is 0.337 e. The lowest BCUT2D eigenvalue weighted by atomic mass is 9.98. The summed E-state index contributed by atoms with van der Waals surface area (Å²) in [6.45, 7) is 1.88. The van der Waals surface area contributed by atoms with Gasteiger partial charge >= 0.3 is 11.8 Å². The monoisotopic (exact) mass is 344 g/mol. The number of nitrogens with one attached hydrogen (secondary N) is 2. The number of rotatable bonds is 4. The fourth-order valence-electron chi connectivity index (χ4n) is 2.74. The highest BCUT2D eigenvalue weighted by molar-refractivity contribution is 6.39. The number of amides is 2. The summed E-state index contributed by atoms with van der Waals surface area (Å²) >= 11 is 0. The third kappa shape index (κ3) is 4.16. The maximum Gasteiger partial charge on any atom is 0.313 e. The number of para-hydroxylation sites is 1. The van der Waals surface area contributed by atoms with Gasteiger partial charge in [0.15, 0.2) is 0 Å². The minimum atomic E-state index is -0.684. The van der Waals surface area contributed by atoms with Gasteiger partial charge in [-0.1, -0.05) is 78.9 Å². The van der Waals surface area contributed by atoms with Crippen LogP contribution in [0.15, 0.2) is 84.9 Å². The normalized spacial score (nSPS) is 10.4. The van der Waals surface area contributed by atoms with Crippen molar-refractivity contribution in [1.29, 1.82) is 0 Å². The third-order valence-corrected chi connectivity index (χ3v) is 4.14. The molecule has 0 saturated heterocycles. The van der Waals surface area contributed by atoms with E-state index in [0.717, 1.165) is 16.7 Å².